The number of likely N-dealkylation sites (tertiary alicyclic amines) is 1. The van der Waals surface area contributed by atoms with Crippen molar-refractivity contribution in [3.05, 3.63) is 0 Å². The Labute approximate surface area is 138 Å². The van der Waals surface area contributed by atoms with Crippen LogP contribution >= 0.6 is 12.4 Å². The first-order valence-electron chi connectivity index (χ1n) is 7.49. The van der Waals surface area contributed by atoms with Gasteiger partial charge in [-0.1, -0.05) is 25.2 Å². The van der Waals surface area contributed by atoms with E-state index in [1.807, 2.05) is 0 Å². The number of rotatable bonds is 3. The Morgan fingerprint density at radius 1 is 1.18 bits per heavy atom. The maximum Gasteiger partial charge on any atom is 0.238 e. The Balaban J connectivity index is 0.00000242. The molecule has 0 aromatic carbocycles. The molecule has 1 heterocycles. The fraction of sp³-hybridized carbons (Fsp3) is 0.688. The summed E-state index contributed by atoms with van der Waals surface area (Å²) in [5.74, 6) is 2.60. The lowest BCUT2D eigenvalue weighted by Gasteiger charge is -2.34. The van der Waals surface area contributed by atoms with Crippen LogP contribution in [0, 0.1) is 35.0 Å². The lowest BCUT2D eigenvalue weighted by molar-refractivity contribution is -0.131. The highest BCUT2D eigenvalue weighted by Crippen LogP contribution is 2.28. The largest absolute Gasteiger partial charge is 0.310 e. The van der Waals surface area contributed by atoms with Crippen LogP contribution in [0.4, 0.5) is 0 Å². The fourth-order valence-corrected chi connectivity index (χ4v) is 3.28. The molecule has 6 heteroatoms. The second kappa shape index (κ2) is 8.04. The van der Waals surface area contributed by atoms with Gasteiger partial charge in [0, 0.05) is 0 Å². The molecule has 1 aliphatic heterocycles. The van der Waals surface area contributed by atoms with Crippen molar-refractivity contribution >= 4 is 18.3 Å². The number of nitrogens with one attached hydrogen (secondary N) is 1. The van der Waals surface area contributed by atoms with Gasteiger partial charge in [-0.2, -0.15) is 10.5 Å². The zero-order valence-electron chi connectivity index (χ0n) is 12.5. The van der Waals surface area contributed by atoms with Crippen LogP contribution in [-0.4, -0.2) is 35.0 Å². The van der Waals surface area contributed by atoms with Gasteiger partial charge in [-0.3, -0.25) is 10.1 Å². The predicted molar refractivity (Wildman–Crippen MR) is 84.8 cm³/mol. The van der Waals surface area contributed by atoms with Crippen LogP contribution in [0.1, 0.15) is 44.9 Å². The van der Waals surface area contributed by atoms with Crippen molar-refractivity contribution < 1.29 is 4.79 Å². The number of hydrogen-bond acceptors (Lipinski definition) is 4. The maximum atomic E-state index is 12.4. The molecule has 1 amide bonds. The van der Waals surface area contributed by atoms with Crippen molar-refractivity contribution in [2.45, 2.75) is 62.6 Å². The summed E-state index contributed by atoms with van der Waals surface area (Å²) in [5, 5.41) is 21.4. The zero-order chi connectivity index (χ0) is 15.3. The van der Waals surface area contributed by atoms with Crippen LogP contribution in [0.5, 0.6) is 0 Å². The molecule has 1 saturated heterocycles. The van der Waals surface area contributed by atoms with Crippen molar-refractivity contribution in [2.24, 2.45) is 0 Å². The van der Waals surface area contributed by atoms with Crippen LogP contribution < -0.4 is 5.32 Å². The first-order valence-corrected chi connectivity index (χ1v) is 7.49. The van der Waals surface area contributed by atoms with E-state index in [1.165, 1.54) is 11.3 Å². The third-order valence-corrected chi connectivity index (χ3v) is 4.53. The molecule has 0 bridgehead atoms. The average molecular weight is 321 g/mol. The minimum Gasteiger partial charge on any atom is -0.310 e. The van der Waals surface area contributed by atoms with E-state index in [9.17, 15) is 4.79 Å². The number of carbonyl (C=O) groups excluding carboxylic acids is 1. The monoisotopic (exact) mass is 320 g/mol. The fourth-order valence-electron chi connectivity index (χ4n) is 3.28. The molecule has 1 aliphatic carbocycles. The van der Waals surface area contributed by atoms with Gasteiger partial charge >= 0.3 is 0 Å². The molecule has 0 spiro atoms. The van der Waals surface area contributed by atoms with Crippen LogP contribution in [0.3, 0.4) is 0 Å². The van der Waals surface area contributed by atoms with Gasteiger partial charge in [-0.05, 0) is 25.7 Å². The van der Waals surface area contributed by atoms with Crippen LogP contribution in [0.2, 0.25) is 0 Å². The second-order valence-corrected chi connectivity index (χ2v) is 5.81. The normalized spacial score (nSPS) is 26.1. The van der Waals surface area contributed by atoms with Crippen LogP contribution in [-0.2, 0) is 4.79 Å². The van der Waals surface area contributed by atoms with Gasteiger partial charge in [-0.15, -0.1) is 18.8 Å². The Hall–Kier alpha value is -1.74. The van der Waals surface area contributed by atoms with Crippen LogP contribution in [0.15, 0.2) is 0 Å². The van der Waals surface area contributed by atoms with Crippen molar-refractivity contribution in [3.8, 4) is 24.5 Å². The minimum atomic E-state index is -0.489. The molecule has 0 unspecified atom stereocenters. The highest BCUT2D eigenvalue weighted by atomic mass is 35.5. The van der Waals surface area contributed by atoms with Gasteiger partial charge in [0.05, 0.1) is 24.2 Å². The number of halogens is 1. The van der Waals surface area contributed by atoms with Crippen LogP contribution in [0.25, 0.3) is 0 Å². The van der Waals surface area contributed by atoms with Crippen molar-refractivity contribution in [1.82, 2.24) is 10.2 Å². The molecule has 118 valence electrons. The minimum absolute atomic E-state index is 0. The standard InChI is InChI=1S/C16H20N4O.ClH/c1-2-16(8-4-3-5-9-16)19-12-15(21)20-13(10-17)6-7-14(20)11-18;/h1,13-14,19H,3-9,12H2;1H/t13-,14+;. The summed E-state index contributed by atoms with van der Waals surface area (Å²) in [4.78, 5) is 13.8. The Morgan fingerprint density at radius 3 is 2.18 bits per heavy atom. The summed E-state index contributed by atoms with van der Waals surface area (Å²) < 4.78 is 0. The molecule has 2 aliphatic rings. The average Bonchev–Trinajstić information content (AvgIpc) is 2.96. The number of nitriles is 2. The van der Waals surface area contributed by atoms with E-state index in [0.717, 1.165) is 25.7 Å². The van der Waals surface area contributed by atoms with Crippen molar-refractivity contribution in [1.29, 1.82) is 10.5 Å². The first kappa shape index (κ1) is 18.3. The topological polar surface area (TPSA) is 79.9 Å². The molecule has 1 N–H and O–H groups in total. The van der Waals surface area contributed by atoms with Gasteiger partial charge in [0.2, 0.25) is 5.91 Å². The number of amides is 1. The third-order valence-electron chi connectivity index (χ3n) is 4.53. The lowest BCUT2D eigenvalue weighted by atomic mass is 9.82. The van der Waals surface area contributed by atoms with E-state index in [4.69, 9.17) is 16.9 Å². The molecule has 22 heavy (non-hydrogen) atoms. The van der Waals surface area contributed by atoms with E-state index in [2.05, 4.69) is 23.4 Å². The van der Waals surface area contributed by atoms with Crippen molar-refractivity contribution in [2.75, 3.05) is 6.54 Å². The van der Waals surface area contributed by atoms with E-state index < -0.39 is 17.6 Å². The van der Waals surface area contributed by atoms with Gasteiger partial charge in [0.15, 0.2) is 0 Å². The number of nitrogens with zero attached hydrogens (tertiary/aromatic N) is 3. The summed E-state index contributed by atoms with van der Waals surface area (Å²) in [6, 6.07) is 3.24. The first-order chi connectivity index (χ1) is 10.2. The molecule has 0 aromatic rings. The summed E-state index contributed by atoms with van der Waals surface area (Å²) in [5.41, 5.74) is -0.405. The maximum absolute atomic E-state index is 12.4. The molecule has 0 radical (unpaired) electrons. The van der Waals surface area contributed by atoms with Gasteiger partial charge in [0.1, 0.15) is 12.1 Å². The third kappa shape index (κ3) is 3.72. The van der Waals surface area contributed by atoms with Gasteiger partial charge in [-0.25, -0.2) is 0 Å². The van der Waals surface area contributed by atoms with Gasteiger partial charge < -0.3 is 4.90 Å². The predicted octanol–water partition coefficient (Wildman–Crippen LogP) is 1.74. The Morgan fingerprint density at radius 2 is 1.73 bits per heavy atom. The molecule has 2 rings (SSSR count). The number of hydrogen-bond donors (Lipinski definition) is 1. The molecule has 5 nitrogen and oxygen atoms in total. The van der Waals surface area contributed by atoms with Crippen molar-refractivity contribution in [3.63, 3.8) is 0 Å². The summed E-state index contributed by atoms with van der Waals surface area (Å²) >= 11 is 0. The SMILES string of the molecule is C#CC1(NCC(=O)N2[C@H](C#N)CC[C@@H]2C#N)CCCCC1.Cl. The van der Waals surface area contributed by atoms with E-state index in [0.29, 0.717) is 12.8 Å². The van der Waals surface area contributed by atoms with E-state index in [1.54, 1.807) is 0 Å². The Kier molecular flexibility index (Phi) is 6.69. The molecular weight excluding hydrogens is 300 g/mol. The molecule has 2 fully saturated rings. The summed E-state index contributed by atoms with van der Waals surface area (Å²) in [7, 11) is 0. The quantitative estimate of drug-likeness (QED) is 0.803. The van der Waals surface area contributed by atoms with Gasteiger partial charge in [0.25, 0.3) is 0 Å². The molecule has 2 atom stereocenters. The molecular formula is C16H21ClN4O. The van der Waals surface area contributed by atoms with E-state index in [-0.39, 0.29) is 24.9 Å². The Bertz CT molecular complexity index is 500. The summed E-state index contributed by atoms with van der Waals surface area (Å²) in [6.45, 7) is 0.0978. The number of carbonyl (C=O) groups is 1. The second-order valence-electron chi connectivity index (χ2n) is 5.81. The van der Waals surface area contributed by atoms with E-state index >= 15 is 0 Å². The summed E-state index contributed by atoms with van der Waals surface area (Å²) in [6.07, 6.45) is 11.8. The smallest absolute Gasteiger partial charge is 0.238 e. The highest BCUT2D eigenvalue weighted by molar-refractivity contribution is 5.85. The molecule has 1 saturated carbocycles. The lowest BCUT2D eigenvalue weighted by Crippen LogP contribution is -2.52. The molecule has 0 aromatic heterocycles. The zero-order valence-corrected chi connectivity index (χ0v) is 13.4. The number of terminal acetylenes is 1. The highest BCUT2D eigenvalue weighted by Gasteiger charge is 2.38.